The first kappa shape index (κ1) is 19.5. The molecule has 0 atom stereocenters. The maximum atomic E-state index is 12.9. The van der Waals surface area contributed by atoms with Gasteiger partial charge in [0.15, 0.2) is 0 Å². The van der Waals surface area contributed by atoms with E-state index < -0.39 is 0 Å². The van der Waals surface area contributed by atoms with Crippen molar-refractivity contribution in [3.05, 3.63) is 107 Å². The Balaban J connectivity index is 1.46. The maximum Gasteiger partial charge on any atom is 0.259 e. The topological polar surface area (TPSA) is 59.0 Å². The Kier molecular flexibility index (Phi) is 5.61. The van der Waals surface area contributed by atoms with Gasteiger partial charge in [0.25, 0.3) is 5.91 Å². The third-order valence-corrected chi connectivity index (χ3v) is 4.99. The van der Waals surface area contributed by atoms with Crippen LogP contribution in [0.2, 0.25) is 0 Å². The van der Waals surface area contributed by atoms with E-state index in [1.54, 1.807) is 0 Å². The molecule has 0 bridgehead atoms. The van der Waals surface area contributed by atoms with Gasteiger partial charge in [0.05, 0.1) is 17.8 Å². The van der Waals surface area contributed by atoms with E-state index in [-0.39, 0.29) is 5.91 Å². The number of hydrogen-bond donors (Lipinski definition) is 2. The highest BCUT2D eigenvalue weighted by molar-refractivity contribution is 6.05. The molecule has 5 nitrogen and oxygen atoms in total. The maximum absolute atomic E-state index is 12.9. The normalized spacial score (nSPS) is 10.6. The molecule has 2 N–H and O–H groups in total. The third kappa shape index (κ3) is 4.41. The average Bonchev–Trinajstić information content (AvgIpc) is 3.04. The summed E-state index contributed by atoms with van der Waals surface area (Å²) in [5.74, 6) is -0.145. The summed E-state index contributed by atoms with van der Waals surface area (Å²) in [5.41, 5.74) is 6.08. The predicted octanol–water partition coefficient (Wildman–Crippen LogP) is 5.54. The van der Waals surface area contributed by atoms with Crippen molar-refractivity contribution in [2.24, 2.45) is 0 Å². The van der Waals surface area contributed by atoms with Gasteiger partial charge in [-0.15, -0.1) is 0 Å². The van der Waals surface area contributed by atoms with E-state index in [2.05, 4.69) is 27.9 Å². The van der Waals surface area contributed by atoms with Crippen molar-refractivity contribution < 1.29 is 4.79 Å². The molecule has 1 heterocycles. The first-order valence-electron chi connectivity index (χ1n) is 9.91. The zero-order valence-corrected chi connectivity index (χ0v) is 17.1. The van der Waals surface area contributed by atoms with Crippen molar-refractivity contribution in [2.45, 2.75) is 20.4 Å². The van der Waals surface area contributed by atoms with Crippen molar-refractivity contribution in [1.29, 1.82) is 0 Å². The first-order chi connectivity index (χ1) is 14.6. The molecule has 0 fully saturated rings. The number of amides is 1. The molecule has 3 aromatic carbocycles. The molecule has 0 aliphatic heterocycles. The van der Waals surface area contributed by atoms with E-state index in [1.807, 2.05) is 91.3 Å². The molecule has 150 valence electrons. The Morgan fingerprint density at radius 3 is 2.03 bits per heavy atom. The fraction of sp³-hybridized carbons (Fsp3) is 0.120. The van der Waals surface area contributed by atoms with Crippen molar-refractivity contribution in [1.82, 2.24) is 9.78 Å². The quantitative estimate of drug-likeness (QED) is 0.450. The van der Waals surface area contributed by atoms with Crippen LogP contribution in [0.1, 0.15) is 27.3 Å². The van der Waals surface area contributed by atoms with E-state index in [4.69, 9.17) is 0 Å². The van der Waals surface area contributed by atoms with Gasteiger partial charge in [-0.2, -0.15) is 5.10 Å². The molecule has 4 rings (SSSR count). The van der Waals surface area contributed by atoms with Crippen LogP contribution in [-0.4, -0.2) is 15.7 Å². The molecule has 0 radical (unpaired) electrons. The van der Waals surface area contributed by atoms with Gasteiger partial charge in [0, 0.05) is 22.8 Å². The number of para-hydroxylation sites is 1. The Bertz CT molecular complexity index is 1130. The highest BCUT2D eigenvalue weighted by Gasteiger charge is 2.19. The van der Waals surface area contributed by atoms with Gasteiger partial charge in [-0.3, -0.25) is 9.48 Å². The minimum absolute atomic E-state index is 0.145. The zero-order chi connectivity index (χ0) is 20.9. The molecule has 0 aliphatic carbocycles. The molecule has 0 aliphatic rings. The molecular weight excluding hydrogens is 372 g/mol. The van der Waals surface area contributed by atoms with Gasteiger partial charge in [0.1, 0.15) is 0 Å². The number of nitrogens with zero attached hydrogens (tertiary/aromatic N) is 2. The fourth-order valence-electron chi connectivity index (χ4n) is 3.45. The highest BCUT2D eigenvalue weighted by atomic mass is 16.1. The van der Waals surface area contributed by atoms with Gasteiger partial charge in [0.2, 0.25) is 0 Å². The zero-order valence-electron chi connectivity index (χ0n) is 17.1. The summed E-state index contributed by atoms with van der Waals surface area (Å²) < 4.78 is 1.88. The monoisotopic (exact) mass is 396 g/mol. The number of carbonyl (C=O) groups is 1. The smallest absolute Gasteiger partial charge is 0.259 e. The van der Waals surface area contributed by atoms with Gasteiger partial charge < -0.3 is 10.6 Å². The largest absolute Gasteiger partial charge is 0.356 e. The molecule has 1 aromatic heterocycles. The van der Waals surface area contributed by atoms with Crippen LogP contribution in [0.25, 0.3) is 0 Å². The van der Waals surface area contributed by atoms with E-state index in [9.17, 15) is 4.79 Å². The molecular formula is C25H24N4O. The Labute approximate surface area is 176 Å². The van der Waals surface area contributed by atoms with Gasteiger partial charge in [-0.25, -0.2) is 0 Å². The van der Waals surface area contributed by atoms with E-state index in [1.165, 1.54) is 0 Å². The lowest BCUT2D eigenvalue weighted by Gasteiger charge is -2.09. The van der Waals surface area contributed by atoms with Crippen molar-refractivity contribution in [3.63, 3.8) is 0 Å². The number of aromatic nitrogens is 2. The molecule has 0 unspecified atom stereocenters. The number of aryl methyl sites for hydroxylation is 1. The van der Waals surface area contributed by atoms with Crippen LogP contribution in [0.4, 0.5) is 17.1 Å². The molecule has 4 aromatic rings. The summed E-state index contributed by atoms with van der Waals surface area (Å²) in [6, 6.07) is 27.8. The van der Waals surface area contributed by atoms with Crippen LogP contribution in [0, 0.1) is 13.8 Å². The SMILES string of the molecule is Cc1nn(Cc2ccccc2)c(C)c1C(=O)Nc1ccc(Nc2ccccc2)cc1. The van der Waals surface area contributed by atoms with Gasteiger partial charge in [-0.1, -0.05) is 48.5 Å². The predicted molar refractivity (Wildman–Crippen MR) is 121 cm³/mol. The molecule has 0 spiro atoms. The molecule has 5 heteroatoms. The minimum atomic E-state index is -0.145. The summed E-state index contributed by atoms with van der Waals surface area (Å²) in [7, 11) is 0. The summed E-state index contributed by atoms with van der Waals surface area (Å²) >= 11 is 0. The number of benzene rings is 3. The molecule has 30 heavy (non-hydrogen) atoms. The fourth-order valence-corrected chi connectivity index (χ4v) is 3.45. The lowest BCUT2D eigenvalue weighted by molar-refractivity contribution is 0.102. The number of hydrogen-bond acceptors (Lipinski definition) is 3. The van der Waals surface area contributed by atoms with E-state index in [0.29, 0.717) is 12.1 Å². The van der Waals surface area contributed by atoms with Crippen molar-refractivity contribution in [2.75, 3.05) is 10.6 Å². The van der Waals surface area contributed by atoms with Crippen LogP contribution in [0.3, 0.4) is 0 Å². The second kappa shape index (κ2) is 8.66. The lowest BCUT2D eigenvalue weighted by Crippen LogP contribution is -2.14. The van der Waals surface area contributed by atoms with Crippen LogP contribution < -0.4 is 10.6 Å². The number of rotatable bonds is 6. The Morgan fingerprint density at radius 2 is 1.37 bits per heavy atom. The molecule has 0 saturated heterocycles. The molecule has 0 saturated carbocycles. The van der Waals surface area contributed by atoms with E-state index >= 15 is 0 Å². The van der Waals surface area contributed by atoms with Crippen molar-refractivity contribution in [3.8, 4) is 0 Å². The first-order valence-corrected chi connectivity index (χ1v) is 9.91. The van der Waals surface area contributed by atoms with Crippen molar-refractivity contribution >= 4 is 23.0 Å². The third-order valence-electron chi connectivity index (χ3n) is 4.99. The second-order valence-corrected chi connectivity index (χ2v) is 7.21. The Morgan fingerprint density at radius 1 is 0.800 bits per heavy atom. The van der Waals surface area contributed by atoms with Gasteiger partial charge >= 0.3 is 0 Å². The van der Waals surface area contributed by atoms with Crippen LogP contribution >= 0.6 is 0 Å². The number of nitrogens with one attached hydrogen (secondary N) is 2. The van der Waals surface area contributed by atoms with Crippen LogP contribution in [0.5, 0.6) is 0 Å². The number of carbonyl (C=O) groups excluding carboxylic acids is 1. The summed E-state index contributed by atoms with van der Waals surface area (Å²) in [6.45, 7) is 4.45. The number of anilines is 3. The summed E-state index contributed by atoms with van der Waals surface area (Å²) in [6.07, 6.45) is 0. The summed E-state index contributed by atoms with van der Waals surface area (Å²) in [5, 5.41) is 10.9. The van der Waals surface area contributed by atoms with E-state index in [0.717, 1.165) is 34.0 Å². The lowest BCUT2D eigenvalue weighted by atomic mass is 10.1. The average molecular weight is 396 g/mol. The standard InChI is InChI=1S/C25H24N4O/c1-18-24(19(2)29(28-18)17-20-9-5-3-6-10-20)25(30)27-23-15-13-22(14-16-23)26-21-11-7-4-8-12-21/h3-16,26H,17H2,1-2H3,(H,27,30). The van der Waals surface area contributed by atoms with Crippen LogP contribution in [-0.2, 0) is 6.54 Å². The second-order valence-electron chi connectivity index (χ2n) is 7.21. The van der Waals surface area contributed by atoms with Gasteiger partial charge in [-0.05, 0) is 55.8 Å². The minimum Gasteiger partial charge on any atom is -0.356 e. The van der Waals surface area contributed by atoms with Crippen LogP contribution in [0.15, 0.2) is 84.9 Å². The highest BCUT2D eigenvalue weighted by Crippen LogP contribution is 2.21. The Hall–Kier alpha value is -3.86. The summed E-state index contributed by atoms with van der Waals surface area (Å²) in [4.78, 5) is 12.9. The molecule has 1 amide bonds.